The molecule has 1 N–H and O–H groups in total. The Morgan fingerprint density at radius 1 is 1.24 bits per heavy atom. The molecule has 1 heterocycles. The normalized spacial score (nSPS) is 19.8. The van der Waals surface area contributed by atoms with E-state index in [0.29, 0.717) is 11.6 Å². The van der Waals surface area contributed by atoms with E-state index in [9.17, 15) is 9.18 Å². The van der Waals surface area contributed by atoms with Crippen LogP contribution in [0.5, 0.6) is 0 Å². The second kappa shape index (κ2) is 6.14. The average molecular weight is 290 g/mol. The molecule has 1 saturated heterocycles. The Hall–Kier alpha value is -1.42. The maximum absolute atomic E-state index is 13.4. The maximum Gasteiger partial charge on any atom is 0.253 e. The summed E-state index contributed by atoms with van der Waals surface area (Å²) in [6, 6.07) is 5.09. The molecule has 0 bridgehead atoms. The summed E-state index contributed by atoms with van der Waals surface area (Å²) in [7, 11) is 0. The number of hydrogen-bond acceptors (Lipinski definition) is 2. The number of piperidine rings is 1. The molecule has 0 spiro atoms. The lowest BCUT2D eigenvalue weighted by Gasteiger charge is -2.32. The zero-order valence-corrected chi connectivity index (χ0v) is 12.6. The summed E-state index contributed by atoms with van der Waals surface area (Å²) in [4.78, 5) is 14.3. The van der Waals surface area contributed by atoms with Crippen molar-refractivity contribution in [2.24, 2.45) is 5.92 Å². The number of hydrogen-bond donors (Lipinski definition) is 1. The van der Waals surface area contributed by atoms with E-state index in [1.54, 1.807) is 6.07 Å². The summed E-state index contributed by atoms with van der Waals surface area (Å²) in [5, 5.41) is 3.60. The number of nitrogens with zero attached hydrogens (tertiary/aromatic N) is 1. The molecule has 2 aliphatic rings. The lowest BCUT2D eigenvalue weighted by Crippen LogP contribution is -2.45. The minimum atomic E-state index is -0.334. The van der Waals surface area contributed by atoms with Crippen molar-refractivity contribution in [3.63, 3.8) is 0 Å². The van der Waals surface area contributed by atoms with E-state index >= 15 is 0 Å². The van der Waals surface area contributed by atoms with Crippen LogP contribution in [0.2, 0.25) is 0 Å². The lowest BCUT2D eigenvalue weighted by molar-refractivity contribution is 0.0704. The third-order valence-electron chi connectivity index (χ3n) is 4.46. The molecule has 0 aromatic heterocycles. The van der Waals surface area contributed by atoms with E-state index in [2.05, 4.69) is 5.32 Å². The van der Waals surface area contributed by atoms with Crippen LogP contribution in [0.1, 0.15) is 41.6 Å². The van der Waals surface area contributed by atoms with E-state index < -0.39 is 0 Å². The highest BCUT2D eigenvalue weighted by atomic mass is 19.1. The van der Waals surface area contributed by atoms with Crippen LogP contribution in [0.15, 0.2) is 18.2 Å². The molecule has 1 amide bonds. The number of benzene rings is 1. The summed E-state index contributed by atoms with van der Waals surface area (Å²) in [5.74, 6) is 0.512. The van der Waals surface area contributed by atoms with Crippen molar-refractivity contribution in [2.75, 3.05) is 19.6 Å². The van der Waals surface area contributed by atoms with E-state index in [-0.39, 0.29) is 11.7 Å². The van der Waals surface area contributed by atoms with Gasteiger partial charge in [0.2, 0.25) is 0 Å². The zero-order valence-electron chi connectivity index (χ0n) is 12.6. The van der Waals surface area contributed by atoms with Gasteiger partial charge >= 0.3 is 0 Å². The highest BCUT2D eigenvalue weighted by Gasteiger charge is 2.26. The van der Waals surface area contributed by atoms with Crippen molar-refractivity contribution in [3.8, 4) is 0 Å². The van der Waals surface area contributed by atoms with Gasteiger partial charge in [-0.15, -0.1) is 0 Å². The number of carbonyl (C=O) groups is 1. The molecule has 2 fully saturated rings. The van der Waals surface area contributed by atoms with E-state index in [0.717, 1.165) is 44.0 Å². The van der Waals surface area contributed by atoms with Crippen LogP contribution in [0.4, 0.5) is 4.39 Å². The van der Waals surface area contributed by atoms with Crippen LogP contribution >= 0.6 is 0 Å². The first-order valence-corrected chi connectivity index (χ1v) is 7.91. The average Bonchev–Trinajstić information content (AvgIpc) is 3.28. The highest BCUT2D eigenvalue weighted by molar-refractivity contribution is 5.94. The first-order valence-electron chi connectivity index (χ1n) is 7.91. The van der Waals surface area contributed by atoms with E-state index in [1.165, 1.54) is 25.0 Å². The van der Waals surface area contributed by atoms with Gasteiger partial charge < -0.3 is 10.2 Å². The monoisotopic (exact) mass is 290 g/mol. The van der Waals surface area contributed by atoms with Crippen LogP contribution in [-0.2, 0) is 0 Å². The molecule has 1 aromatic carbocycles. The SMILES string of the molecule is Cc1cc(F)cc(C(=O)N2CCC(NCC3CC3)CC2)c1. The smallest absolute Gasteiger partial charge is 0.253 e. The number of carbonyl (C=O) groups excluding carboxylic acids is 1. The predicted molar refractivity (Wildman–Crippen MR) is 80.8 cm³/mol. The van der Waals surface area contributed by atoms with Crippen molar-refractivity contribution in [1.29, 1.82) is 0 Å². The topological polar surface area (TPSA) is 32.3 Å². The van der Waals surface area contributed by atoms with Crippen molar-refractivity contribution >= 4 is 5.91 Å². The third kappa shape index (κ3) is 3.82. The van der Waals surface area contributed by atoms with E-state index in [4.69, 9.17) is 0 Å². The Bertz CT molecular complexity index is 499. The maximum atomic E-state index is 13.4. The molecule has 3 nitrogen and oxygen atoms in total. The summed E-state index contributed by atoms with van der Waals surface area (Å²) in [6.45, 7) is 4.46. The fourth-order valence-corrected chi connectivity index (χ4v) is 2.98. The minimum absolute atomic E-state index is 0.0433. The minimum Gasteiger partial charge on any atom is -0.339 e. The van der Waals surface area contributed by atoms with Gasteiger partial charge in [0.25, 0.3) is 5.91 Å². The third-order valence-corrected chi connectivity index (χ3v) is 4.46. The Balaban J connectivity index is 1.54. The molecule has 0 radical (unpaired) electrons. The molecule has 0 unspecified atom stereocenters. The summed E-state index contributed by atoms with van der Waals surface area (Å²) < 4.78 is 13.4. The molecule has 1 aliphatic carbocycles. The molecular formula is C17H23FN2O. The molecule has 1 aliphatic heterocycles. The number of nitrogens with one attached hydrogen (secondary N) is 1. The van der Waals surface area contributed by atoms with Gasteiger partial charge in [-0.05, 0) is 68.8 Å². The number of rotatable bonds is 4. The predicted octanol–water partition coefficient (Wildman–Crippen LogP) is 2.74. The van der Waals surface area contributed by atoms with Crippen molar-refractivity contribution in [3.05, 3.63) is 35.1 Å². The number of amides is 1. The lowest BCUT2D eigenvalue weighted by atomic mass is 10.0. The van der Waals surface area contributed by atoms with Gasteiger partial charge in [-0.25, -0.2) is 4.39 Å². The summed E-state index contributed by atoms with van der Waals surface area (Å²) in [6.07, 6.45) is 4.71. The van der Waals surface area contributed by atoms with Gasteiger partial charge in [0.05, 0.1) is 0 Å². The Morgan fingerprint density at radius 2 is 1.95 bits per heavy atom. The van der Waals surface area contributed by atoms with Crippen molar-refractivity contribution < 1.29 is 9.18 Å². The fraction of sp³-hybridized carbons (Fsp3) is 0.588. The molecule has 4 heteroatoms. The molecule has 1 saturated carbocycles. The second-order valence-corrected chi connectivity index (χ2v) is 6.44. The van der Waals surface area contributed by atoms with Crippen LogP contribution in [0.25, 0.3) is 0 Å². The molecule has 3 rings (SSSR count). The number of aryl methyl sites for hydroxylation is 1. The van der Waals surface area contributed by atoms with Gasteiger partial charge in [0.15, 0.2) is 0 Å². The zero-order chi connectivity index (χ0) is 14.8. The largest absolute Gasteiger partial charge is 0.339 e. The molecule has 114 valence electrons. The van der Waals surface area contributed by atoms with Gasteiger partial charge in [-0.3, -0.25) is 4.79 Å². The van der Waals surface area contributed by atoms with Crippen LogP contribution in [0.3, 0.4) is 0 Å². The first kappa shape index (κ1) is 14.5. The van der Waals surface area contributed by atoms with Crippen LogP contribution < -0.4 is 5.32 Å². The Morgan fingerprint density at radius 3 is 2.57 bits per heavy atom. The first-order chi connectivity index (χ1) is 10.1. The standard InChI is InChI=1S/C17H23FN2O/c1-12-8-14(10-15(18)9-12)17(21)20-6-4-16(5-7-20)19-11-13-2-3-13/h8-10,13,16,19H,2-7,11H2,1H3. The highest BCUT2D eigenvalue weighted by Crippen LogP contribution is 2.28. The Labute approximate surface area is 125 Å². The Kier molecular flexibility index (Phi) is 4.24. The summed E-state index contributed by atoms with van der Waals surface area (Å²) in [5.41, 5.74) is 1.26. The number of halogens is 1. The van der Waals surface area contributed by atoms with Crippen LogP contribution in [0, 0.1) is 18.7 Å². The summed E-state index contributed by atoms with van der Waals surface area (Å²) >= 11 is 0. The molecule has 21 heavy (non-hydrogen) atoms. The quantitative estimate of drug-likeness (QED) is 0.925. The van der Waals surface area contributed by atoms with E-state index in [1.807, 2.05) is 11.8 Å². The molecule has 1 aromatic rings. The van der Waals surface area contributed by atoms with Gasteiger partial charge in [0.1, 0.15) is 5.82 Å². The van der Waals surface area contributed by atoms with Crippen molar-refractivity contribution in [1.82, 2.24) is 10.2 Å². The van der Waals surface area contributed by atoms with Crippen molar-refractivity contribution in [2.45, 2.75) is 38.6 Å². The molecular weight excluding hydrogens is 267 g/mol. The van der Waals surface area contributed by atoms with Gasteiger partial charge in [-0.2, -0.15) is 0 Å². The fourth-order valence-electron chi connectivity index (χ4n) is 2.98. The second-order valence-electron chi connectivity index (χ2n) is 6.44. The number of likely N-dealkylation sites (tertiary alicyclic amines) is 1. The van der Waals surface area contributed by atoms with Gasteiger partial charge in [0, 0.05) is 24.7 Å². The van der Waals surface area contributed by atoms with Crippen LogP contribution in [-0.4, -0.2) is 36.5 Å². The molecule has 0 atom stereocenters. The van der Waals surface area contributed by atoms with Gasteiger partial charge in [-0.1, -0.05) is 0 Å².